The summed E-state index contributed by atoms with van der Waals surface area (Å²) in [6.45, 7) is 0. The molecular weight excluding hydrogens is 323 g/mol. The minimum atomic E-state index is -0.0643. The molecule has 0 saturated heterocycles. The van der Waals surface area contributed by atoms with E-state index < -0.39 is 0 Å². The maximum Gasteiger partial charge on any atom is 0.251 e. The van der Waals surface area contributed by atoms with Crippen LogP contribution in [0.3, 0.4) is 0 Å². The first-order valence-electron chi connectivity index (χ1n) is 4.22. The molecule has 2 rings (SSSR count). The SMILES string of the molecule is N/C(=N/O)c1ccnc(-n2cc(I)cn2)n1. The summed E-state index contributed by atoms with van der Waals surface area (Å²) >= 11 is 2.13. The van der Waals surface area contributed by atoms with Gasteiger partial charge in [0.15, 0.2) is 5.84 Å². The van der Waals surface area contributed by atoms with Gasteiger partial charge in [-0.2, -0.15) is 5.10 Å². The molecule has 0 unspecified atom stereocenters. The van der Waals surface area contributed by atoms with Crippen molar-refractivity contribution in [3.63, 3.8) is 0 Å². The van der Waals surface area contributed by atoms with E-state index in [-0.39, 0.29) is 5.84 Å². The predicted octanol–water partition coefficient (Wildman–Crippen LogP) is 0.361. The molecule has 0 saturated carbocycles. The lowest BCUT2D eigenvalue weighted by atomic mass is 10.4. The van der Waals surface area contributed by atoms with E-state index in [4.69, 9.17) is 10.9 Å². The number of rotatable bonds is 2. The minimum Gasteiger partial charge on any atom is -0.409 e. The normalized spacial score (nSPS) is 11.7. The van der Waals surface area contributed by atoms with Gasteiger partial charge in [-0.15, -0.1) is 0 Å². The Balaban J connectivity index is 2.43. The lowest BCUT2D eigenvalue weighted by Gasteiger charge is -2.01. The zero-order valence-corrected chi connectivity index (χ0v) is 10.1. The molecule has 2 heterocycles. The first-order valence-corrected chi connectivity index (χ1v) is 5.30. The average Bonchev–Trinajstić information content (AvgIpc) is 2.75. The van der Waals surface area contributed by atoms with E-state index >= 15 is 0 Å². The molecule has 2 aromatic rings. The summed E-state index contributed by atoms with van der Waals surface area (Å²) in [6, 6.07) is 1.55. The second kappa shape index (κ2) is 4.43. The quantitative estimate of drug-likeness (QED) is 0.272. The van der Waals surface area contributed by atoms with Crippen LogP contribution >= 0.6 is 22.6 Å². The van der Waals surface area contributed by atoms with Gasteiger partial charge in [0.25, 0.3) is 5.95 Å². The molecule has 0 spiro atoms. The molecule has 0 bridgehead atoms. The fraction of sp³-hybridized carbons (Fsp3) is 0. The molecule has 0 radical (unpaired) electrons. The summed E-state index contributed by atoms with van der Waals surface area (Å²) in [4.78, 5) is 8.13. The number of nitrogens with two attached hydrogens (primary N) is 1. The highest BCUT2D eigenvalue weighted by molar-refractivity contribution is 14.1. The van der Waals surface area contributed by atoms with Gasteiger partial charge in [0.1, 0.15) is 5.69 Å². The lowest BCUT2D eigenvalue weighted by molar-refractivity contribution is 0.318. The summed E-state index contributed by atoms with van der Waals surface area (Å²) in [5, 5.41) is 15.5. The molecule has 3 N–H and O–H groups in total. The van der Waals surface area contributed by atoms with Crippen LogP contribution < -0.4 is 5.73 Å². The minimum absolute atomic E-state index is 0.0643. The van der Waals surface area contributed by atoms with Crippen LogP contribution in [0.5, 0.6) is 0 Å². The number of hydrogen-bond donors (Lipinski definition) is 2. The van der Waals surface area contributed by atoms with Crippen LogP contribution in [-0.2, 0) is 0 Å². The second-order valence-corrected chi connectivity index (χ2v) is 4.08. The number of nitrogens with zero attached hydrogens (tertiary/aromatic N) is 5. The van der Waals surface area contributed by atoms with Crippen molar-refractivity contribution in [1.29, 1.82) is 0 Å². The van der Waals surface area contributed by atoms with Gasteiger partial charge in [0.2, 0.25) is 0 Å². The van der Waals surface area contributed by atoms with Gasteiger partial charge in [-0.1, -0.05) is 5.16 Å². The number of oxime groups is 1. The summed E-state index contributed by atoms with van der Waals surface area (Å²) < 4.78 is 2.48. The van der Waals surface area contributed by atoms with E-state index in [0.29, 0.717) is 11.6 Å². The van der Waals surface area contributed by atoms with Crippen molar-refractivity contribution in [1.82, 2.24) is 19.7 Å². The predicted molar refractivity (Wildman–Crippen MR) is 64.4 cm³/mol. The van der Waals surface area contributed by atoms with Crippen molar-refractivity contribution in [3.8, 4) is 5.95 Å². The van der Waals surface area contributed by atoms with Gasteiger partial charge in [-0.25, -0.2) is 14.6 Å². The van der Waals surface area contributed by atoms with Gasteiger partial charge < -0.3 is 10.9 Å². The number of hydrogen-bond acceptors (Lipinski definition) is 5. The van der Waals surface area contributed by atoms with Gasteiger partial charge >= 0.3 is 0 Å². The van der Waals surface area contributed by atoms with E-state index in [1.54, 1.807) is 18.5 Å². The van der Waals surface area contributed by atoms with Gasteiger partial charge in [-0.3, -0.25) is 0 Å². The monoisotopic (exact) mass is 330 g/mol. The number of amidine groups is 1. The van der Waals surface area contributed by atoms with Crippen molar-refractivity contribution in [2.24, 2.45) is 10.9 Å². The van der Waals surface area contributed by atoms with Crippen molar-refractivity contribution in [2.45, 2.75) is 0 Å². The maximum absolute atomic E-state index is 8.53. The molecule has 0 amide bonds. The van der Waals surface area contributed by atoms with Crippen LogP contribution in [0, 0.1) is 3.57 Å². The first-order chi connectivity index (χ1) is 7.70. The molecular formula is C8H7IN6O. The van der Waals surface area contributed by atoms with Crippen LogP contribution in [0.15, 0.2) is 29.8 Å². The second-order valence-electron chi connectivity index (χ2n) is 2.83. The Morgan fingerprint density at radius 1 is 1.56 bits per heavy atom. The maximum atomic E-state index is 8.53. The summed E-state index contributed by atoms with van der Waals surface area (Å²) in [5.74, 6) is 0.303. The topological polar surface area (TPSA) is 102 Å². The summed E-state index contributed by atoms with van der Waals surface area (Å²) in [7, 11) is 0. The molecule has 7 nitrogen and oxygen atoms in total. The molecule has 0 atom stereocenters. The Morgan fingerprint density at radius 2 is 2.38 bits per heavy atom. The van der Waals surface area contributed by atoms with Gasteiger partial charge in [0.05, 0.1) is 9.77 Å². The smallest absolute Gasteiger partial charge is 0.251 e. The molecule has 0 aromatic carbocycles. The molecule has 82 valence electrons. The van der Waals surface area contributed by atoms with E-state index in [9.17, 15) is 0 Å². The van der Waals surface area contributed by atoms with Crippen molar-refractivity contribution in [3.05, 3.63) is 33.9 Å². The largest absolute Gasteiger partial charge is 0.409 e. The fourth-order valence-corrected chi connectivity index (χ4v) is 1.45. The standard InChI is InChI=1S/C8H7IN6O/c9-5-3-12-15(4-5)8-11-2-1-6(13-8)7(10)14-16/h1-4,16H,(H2,10,14). The van der Waals surface area contributed by atoms with Crippen molar-refractivity contribution in [2.75, 3.05) is 0 Å². The molecule has 0 aliphatic rings. The summed E-state index contributed by atoms with van der Waals surface area (Å²) in [5.41, 5.74) is 5.77. The van der Waals surface area contributed by atoms with E-state index in [0.717, 1.165) is 3.57 Å². The van der Waals surface area contributed by atoms with Crippen LogP contribution in [-0.4, -0.2) is 30.8 Å². The zero-order valence-electron chi connectivity index (χ0n) is 7.95. The van der Waals surface area contributed by atoms with Crippen LogP contribution in [0.1, 0.15) is 5.69 Å². The molecule has 8 heteroatoms. The highest BCUT2D eigenvalue weighted by atomic mass is 127. The number of aromatic nitrogens is 4. The summed E-state index contributed by atoms with van der Waals surface area (Å²) in [6.07, 6.45) is 4.97. The highest BCUT2D eigenvalue weighted by Crippen LogP contribution is 2.05. The zero-order chi connectivity index (χ0) is 11.5. The van der Waals surface area contributed by atoms with E-state index in [1.807, 2.05) is 0 Å². The molecule has 0 aliphatic heterocycles. The van der Waals surface area contributed by atoms with Crippen LogP contribution in [0.25, 0.3) is 5.95 Å². The fourth-order valence-electron chi connectivity index (χ4n) is 1.06. The number of halogens is 1. The third-order valence-corrected chi connectivity index (χ3v) is 2.33. The van der Waals surface area contributed by atoms with Gasteiger partial charge in [-0.05, 0) is 28.7 Å². The Labute approximate surface area is 104 Å². The van der Waals surface area contributed by atoms with Gasteiger partial charge in [0, 0.05) is 12.4 Å². The van der Waals surface area contributed by atoms with Crippen LogP contribution in [0.2, 0.25) is 0 Å². The van der Waals surface area contributed by atoms with E-state index in [1.165, 1.54) is 10.9 Å². The van der Waals surface area contributed by atoms with Crippen LogP contribution in [0.4, 0.5) is 0 Å². The Kier molecular flexibility index (Phi) is 2.99. The molecule has 0 fully saturated rings. The van der Waals surface area contributed by atoms with E-state index in [2.05, 4.69) is 42.8 Å². The third-order valence-electron chi connectivity index (χ3n) is 1.77. The Hall–Kier alpha value is -1.71. The Bertz CT molecular complexity index is 537. The molecule has 0 aliphatic carbocycles. The Morgan fingerprint density at radius 3 is 3.00 bits per heavy atom. The molecule has 2 aromatic heterocycles. The van der Waals surface area contributed by atoms with Crippen molar-refractivity contribution < 1.29 is 5.21 Å². The average molecular weight is 330 g/mol. The van der Waals surface area contributed by atoms with Crippen molar-refractivity contribution >= 4 is 28.4 Å². The first kappa shape index (κ1) is 10.8. The highest BCUT2D eigenvalue weighted by Gasteiger charge is 2.06. The third kappa shape index (κ3) is 2.10. The molecule has 16 heavy (non-hydrogen) atoms. The lowest BCUT2D eigenvalue weighted by Crippen LogP contribution is -2.16.